The van der Waals surface area contributed by atoms with Crippen LogP contribution in [0.15, 0.2) is 59.6 Å². The maximum absolute atomic E-state index is 6.17. The largest absolute Gasteiger partial charge is 0.353 e. The highest BCUT2D eigenvalue weighted by molar-refractivity contribution is 14.0. The average molecular weight is 442 g/mol. The van der Waals surface area contributed by atoms with Crippen molar-refractivity contribution in [3.8, 4) is 0 Å². The van der Waals surface area contributed by atoms with Crippen LogP contribution in [0.25, 0.3) is 0 Å². The SMILES string of the molecule is CN=C(NCc1ccccc1Cl)NC1CC1c1ccccc1.I. The summed E-state index contributed by atoms with van der Waals surface area (Å²) in [5.41, 5.74) is 2.46. The van der Waals surface area contributed by atoms with Gasteiger partial charge >= 0.3 is 0 Å². The Balaban J connectivity index is 0.00000192. The highest BCUT2D eigenvalue weighted by Gasteiger charge is 2.38. The number of hydrogen-bond donors (Lipinski definition) is 2. The van der Waals surface area contributed by atoms with E-state index in [4.69, 9.17) is 11.6 Å². The van der Waals surface area contributed by atoms with Gasteiger partial charge in [-0.2, -0.15) is 0 Å². The first kappa shape index (κ1) is 18.1. The van der Waals surface area contributed by atoms with Crippen LogP contribution in [0.2, 0.25) is 5.02 Å². The van der Waals surface area contributed by atoms with E-state index in [2.05, 4.69) is 46.0 Å². The van der Waals surface area contributed by atoms with Crippen LogP contribution in [0.1, 0.15) is 23.5 Å². The van der Waals surface area contributed by atoms with E-state index < -0.39 is 0 Å². The second-order valence-electron chi connectivity index (χ2n) is 5.52. The van der Waals surface area contributed by atoms with Gasteiger partial charge in [-0.05, 0) is 23.6 Å². The molecule has 2 atom stereocenters. The molecule has 1 aliphatic rings. The molecule has 0 amide bonds. The van der Waals surface area contributed by atoms with Crippen molar-refractivity contribution in [2.45, 2.75) is 24.9 Å². The molecule has 0 aromatic heterocycles. The van der Waals surface area contributed by atoms with Crippen molar-refractivity contribution in [1.82, 2.24) is 10.6 Å². The standard InChI is InChI=1S/C18H20ClN3.HI/c1-20-18(21-12-14-9-5-6-10-16(14)19)22-17-11-15(17)13-7-3-2-4-8-13;/h2-10,15,17H,11-12H2,1H3,(H2,20,21,22);1H. The van der Waals surface area contributed by atoms with Gasteiger partial charge in [-0.1, -0.05) is 60.1 Å². The monoisotopic (exact) mass is 441 g/mol. The predicted octanol–water partition coefficient (Wildman–Crippen LogP) is 4.18. The lowest BCUT2D eigenvalue weighted by Crippen LogP contribution is -2.38. The summed E-state index contributed by atoms with van der Waals surface area (Å²) in [5.74, 6) is 1.41. The van der Waals surface area contributed by atoms with Crippen molar-refractivity contribution in [2.24, 2.45) is 4.99 Å². The van der Waals surface area contributed by atoms with Crippen LogP contribution in [0.5, 0.6) is 0 Å². The molecule has 2 aromatic carbocycles. The van der Waals surface area contributed by atoms with Crippen molar-refractivity contribution in [1.29, 1.82) is 0 Å². The smallest absolute Gasteiger partial charge is 0.191 e. The number of nitrogens with one attached hydrogen (secondary N) is 2. The molecule has 0 bridgehead atoms. The van der Waals surface area contributed by atoms with Gasteiger partial charge in [0.05, 0.1) is 0 Å². The zero-order chi connectivity index (χ0) is 15.4. The minimum Gasteiger partial charge on any atom is -0.353 e. The Hall–Kier alpha value is -1.27. The quantitative estimate of drug-likeness (QED) is 0.424. The van der Waals surface area contributed by atoms with Gasteiger partial charge in [0.15, 0.2) is 5.96 Å². The predicted molar refractivity (Wildman–Crippen MR) is 108 cm³/mol. The Morgan fingerprint density at radius 3 is 2.52 bits per heavy atom. The van der Waals surface area contributed by atoms with Crippen LogP contribution in [0.3, 0.4) is 0 Å². The number of benzene rings is 2. The third-order valence-electron chi connectivity index (χ3n) is 3.97. The molecule has 0 saturated heterocycles. The van der Waals surface area contributed by atoms with Crippen LogP contribution in [-0.2, 0) is 6.54 Å². The molecular weight excluding hydrogens is 421 g/mol. The first-order valence-electron chi connectivity index (χ1n) is 7.53. The summed E-state index contributed by atoms with van der Waals surface area (Å²) in [6.07, 6.45) is 1.15. The summed E-state index contributed by atoms with van der Waals surface area (Å²) in [5, 5.41) is 7.58. The van der Waals surface area contributed by atoms with E-state index >= 15 is 0 Å². The molecule has 2 N–H and O–H groups in total. The minimum absolute atomic E-state index is 0. The maximum atomic E-state index is 6.17. The first-order valence-corrected chi connectivity index (χ1v) is 7.91. The van der Waals surface area contributed by atoms with E-state index in [1.807, 2.05) is 24.3 Å². The van der Waals surface area contributed by atoms with E-state index in [-0.39, 0.29) is 24.0 Å². The molecule has 2 aromatic rings. The van der Waals surface area contributed by atoms with Crippen molar-refractivity contribution >= 4 is 41.5 Å². The van der Waals surface area contributed by atoms with Crippen LogP contribution < -0.4 is 10.6 Å². The molecule has 5 heteroatoms. The number of nitrogens with zero attached hydrogens (tertiary/aromatic N) is 1. The lowest BCUT2D eigenvalue weighted by Gasteiger charge is -2.12. The van der Waals surface area contributed by atoms with Crippen LogP contribution in [0.4, 0.5) is 0 Å². The Labute approximate surface area is 159 Å². The number of aliphatic imine (C=N–C) groups is 1. The summed E-state index contributed by atoms with van der Waals surface area (Å²) in [6.45, 7) is 0.669. The normalized spacial score (nSPS) is 19.7. The molecule has 3 rings (SSSR count). The third-order valence-corrected chi connectivity index (χ3v) is 4.34. The van der Waals surface area contributed by atoms with E-state index in [0.717, 1.165) is 23.0 Å². The fourth-order valence-corrected chi connectivity index (χ4v) is 2.82. The first-order chi connectivity index (χ1) is 10.8. The lowest BCUT2D eigenvalue weighted by atomic mass is 10.1. The molecule has 2 unspecified atom stereocenters. The van der Waals surface area contributed by atoms with E-state index in [9.17, 15) is 0 Å². The lowest BCUT2D eigenvalue weighted by molar-refractivity contribution is 0.790. The zero-order valence-electron chi connectivity index (χ0n) is 13.0. The molecule has 122 valence electrons. The van der Waals surface area contributed by atoms with Crippen molar-refractivity contribution in [3.63, 3.8) is 0 Å². The van der Waals surface area contributed by atoms with E-state index in [1.165, 1.54) is 5.56 Å². The van der Waals surface area contributed by atoms with E-state index in [0.29, 0.717) is 18.5 Å². The average Bonchev–Trinajstić information content (AvgIpc) is 3.33. The Kier molecular flexibility index (Phi) is 6.72. The molecule has 1 aliphatic carbocycles. The summed E-state index contributed by atoms with van der Waals surface area (Å²) in [7, 11) is 1.79. The summed E-state index contributed by atoms with van der Waals surface area (Å²) in [6, 6.07) is 18.9. The fourth-order valence-electron chi connectivity index (χ4n) is 2.61. The van der Waals surface area contributed by atoms with Gasteiger partial charge in [0.2, 0.25) is 0 Å². The van der Waals surface area contributed by atoms with Gasteiger partial charge in [-0.25, -0.2) is 0 Å². The highest BCUT2D eigenvalue weighted by atomic mass is 127. The number of rotatable bonds is 4. The van der Waals surface area contributed by atoms with Gasteiger partial charge in [-0.3, -0.25) is 4.99 Å². The molecule has 23 heavy (non-hydrogen) atoms. The van der Waals surface area contributed by atoms with Crippen LogP contribution >= 0.6 is 35.6 Å². The Morgan fingerprint density at radius 2 is 1.83 bits per heavy atom. The minimum atomic E-state index is 0. The Morgan fingerprint density at radius 1 is 1.13 bits per heavy atom. The van der Waals surface area contributed by atoms with Crippen LogP contribution in [0, 0.1) is 0 Å². The van der Waals surface area contributed by atoms with Gasteiger partial charge in [0, 0.05) is 30.6 Å². The van der Waals surface area contributed by atoms with Crippen molar-refractivity contribution in [3.05, 3.63) is 70.7 Å². The summed E-state index contributed by atoms with van der Waals surface area (Å²) in [4.78, 5) is 4.29. The highest BCUT2D eigenvalue weighted by Crippen LogP contribution is 2.40. The summed E-state index contributed by atoms with van der Waals surface area (Å²) < 4.78 is 0. The second-order valence-corrected chi connectivity index (χ2v) is 5.93. The van der Waals surface area contributed by atoms with Crippen molar-refractivity contribution < 1.29 is 0 Å². The molecule has 3 nitrogen and oxygen atoms in total. The van der Waals surface area contributed by atoms with E-state index in [1.54, 1.807) is 7.05 Å². The molecule has 1 saturated carbocycles. The fraction of sp³-hybridized carbons (Fsp3) is 0.278. The van der Waals surface area contributed by atoms with Gasteiger partial charge in [0.1, 0.15) is 0 Å². The van der Waals surface area contributed by atoms with Gasteiger partial charge in [0.25, 0.3) is 0 Å². The van der Waals surface area contributed by atoms with Gasteiger partial charge in [-0.15, -0.1) is 24.0 Å². The summed E-state index contributed by atoms with van der Waals surface area (Å²) >= 11 is 6.17. The van der Waals surface area contributed by atoms with Crippen molar-refractivity contribution in [2.75, 3.05) is 7.05 Å². The molecule has 0 spiro atoms. The number of hydrogen-bond acceptors (Lipinski definition) is 1. The van der Waals surface area contributed by atoms with Crippen LogP contribution in [-0.4, -0.2) is 19.0 Å². The maximum Gasteiger partial charge on any atom is 0.191 e. The molecular formula is C18H21ClIN3. The molecule has 1 fully saturated rings. The zero-order valence-corrected chi connectivity index (χ0v) is 16.1. The second kappa shape index (κ2) is 8.55. The molecule has 0 radical (unpaired) electrons. The molecule has 0 aliphatic heterocycles. The Bertz CT molecular complexity index is 660. The third kappa shape index (κ3) is 4.85. The van der Waals surface area contributed by atoms with Gasteiger partial charge < -0.3 is 10.6 Å². The number of halogens is 2. The topological polar surface area (TPSA) is 36.4 Å². The molecule has 0 heterocycles. The number of guanidine groups is 1.